The minimum absolute atomic E-state index is 0.173. The molecular formula is C16H22N2O2. The van der Waals surface area contributed by atoms with Crippen molar-refractivity contribution < 1.29 is 9.90 Å². The zero-order chi connectivity index (χ0) is 14.1. The number of fused-ring (bicyclic) bond motifs is 1. The molecule has 1 aromatic rings. The largest absolute Gasteiger partial charge is 0.508 e. The standard InChI is InChI=1S/C16H22N2O2/c1-12(19)17-7-9-18(10-8-17)16-4-2-3-13-5-6-14(20)11-15(13)16/h5-6,11,16,20H,2-4,7-10H2,1H3. The second-order valence-corrected chi connectivity index (χ2v) is 5.83. The third-order valence-corrected chi connectivity index (χ3v) is 4.61. The van der Waals surface area contributed by atoms with E-state index >= 15 is 0 Å². The van der Waals surface area contributed by atoms with E-state index in [4.69, 9.17) is 0 Å². The minimum atomic E-state index is 0.173. The molecule has 1 atom stereocenters. The number of aryl methyl sites for hydroxylation is 1. The molecule has 1 fully saturated rings. The molecule has 0 aromatic heterocycles. The van der Waals surface area contributed by atoms with Crippen LogP contribution in [-0.2, 0) is 11.2 Å². The first-order valence-corrected chi connectivity index (χ1v) is 7.46. The fraction of sp³-hybridized carbons (Fsp3) is 0.562. The van der Waals surface area contributed by atoms with Gasteiger partial charge in [-0.05, 0) is 42.5 Å². The van der Waals surface area contributed by atoms with Gasteiger partial charge in [0.2, 0.25) is 5.91 Å². The molecule has 0 radical (unpaired) electrons. The highest BCUT2D eigenvalue weighted by Crippen LogP contribution is 2.36. The summed E-state index contributed by atoms with van der Waals surface area (Å²) in [4.78, 5) is 15.8. The number of aromatic hydroxyl groups is 1. The summed E-state index contributed by atoms with van der Waals surface area (Å²) in [6.07, 6.45) is 3.46. The van der Waals surface area contributed by atoms with Gasteiger partial charge >= 0.3 is 0 Å². The maximum Gasteiger partial charge on any atom is 0.219 e. The number of carbonyl (C=O) groups is 1. The van der Waals surface area contributed by atoms with E-state index in [2.05, 4.69) is 11.0 Å². The summed E-state index contributed by atoms with van der Waals surface area (Å²) in [6.45, 7) is 5.14. The minimum Gasteiger partial charge on any atom is -0.508 e. The summed E-state index contributed by atoms with van der Waals surface area (Å²) < 4.78 is 0. The van der Waals surface area contributed by atoms with Gasteiger partial charge in [0, 0.05) is 39.1 Å². The lowest BCUT2D eigenvalue weighted by Crippen LogP contribution is -2.49. The third kappa shape index (κ3) is 2.52. The monoisotopic (exact) mass is 274 g/mol. The van der Waals surface area contributed by atoms with Gasteiger partial charge in [0.25, 0.3) is 0 Å². The van der Waals surface area contributed by atoms with Crippen molar-refractivity contribution in [3.63, 3.8) is 0 Å². The van der Waals surface area contributed by atoms with Gasteiger partial charge in [0.15, 0.2) is 0 Å². The molecule has 1 aliphatic heterocycles. The summed E-state index contributed by atoms with van der Waals surface area (Å²) in [5, 5.41) is 9.75. The van der Waals surface area contributed by atoms with Gasteiger partial charge in [-0.1, -0.05) is 6.07 Å². The Kier molecular flexibility index (Phi) is 3.66. The smallest absolute Gasteiger partial charge is 0.219 e. The van der Waals surface area contributed by atoms with Gasteiger partial charge in [-0.2, -0.15) is 0 Å². The normalized spacial score (nSPS) is 23.4. The SMILES string of the molecule is CC(=O)N1CCN(C2CCCc3ccc(O)cc32)CC1. The highest BCUT2D eigenvalue weighted by molar-refractivity contribution is 5.73. The van der Waals surface area contributed by atoms with Gasteiger partial charge in [0.1, 0.15) is 5.75 Å². The maximum atomic E-state index is 11.4. The van der Waals surface area contributed by atoms with Crippen molar-refractivity contribution in [3.8, 4) is 5.75 Å². The molecule has 20 heavy (non-hydrogen) atoms. The molecule has 0 bridgehead atoms. The maximum absolute atomic E-state index is 11.4. The van der Waals surface area contributed by atoms with Crippen molar-refractivity contribution in [2.24, 2.45) is 0 Å². The summed E-state index contributed by atoms with van der Waals surface area (Å²) in [5.41, 5.74) is 2.65. The molecule has 4 heteroatoms. The van der Waals surface area contributed by atoms with Gasteiger partial charge in [-0.25, -0.2) is 0 Å². The summed E-state index contributed by atoms with van der Waals surface area (Å²) in [6, 6.07) is 6.17. The van der Waals surface area contributed by atoms with Crippen LogP contribution < -0.4 is 0 Å². The van der Waals surface area contributed by atoms with Crippen molar-refractivity contribution in [2.45, 2.75) is 32.2 Å². The lowest BCUT2D eigenvalue weighted by atomic mass is 9.86. The summed E-state index contributed by atoms with van der Waals surface area (Å²) in [7, 11) is 0. The first-order chi connectivity index (χ1) is 9.65. The molecule has 2 aliphatic rings. The van der Waals surface area contributed by atoms with Crippen LogP contribution in [0.5, 0.6) is 5.75 Å². The van der Waals surface area contributed by atoms with E-state index in [-0.39, 0.29) is 5.91 Å². The number of benzene rings is 1. The number of hydrogen-bond acceptors (Lipinski definition) is 3. The quantitative estimate of drug-likeness (QED) is 0.851. The van der Waals surface area contributed by atoms with Crippen LogP contribution in [0.25, 0.3) is 0 Å². The number of rotatable bonds is 1. The van der Waals surface area contributed by atoms with Gasteiger partial charge < -0.3 is 10.0 Å². The number of piperazine rings is 1. The molecule has 0 saturated carbocycles. The van der Waals surface area contributed by atoms with E-state index in [1.54, 1.807) is 13.0 Å². The van der Waals surface area contributed by atoms with Crippen LogP contribution in [-0.4, -0.2) is 47.0 Å². The van der Waals surface area contributed by atoms with Crippen LogP contribution in [0, 0.1) is 0 Å². The molecule has 4 nitrogen and oxygen atoms in total. The second-order valence-electron chi connectivity index (χ2n) is 5.83. The molecule has 1 N–H and O–H groups in total. The molecule has 0 spiro atoms. The van der Waals surface area contributed by atoms with Crippen molar-refractivity contribution >= 4 is 5.91 Å². The Morgan fingerprint density at radius 3 is 2.70 bits per heavy atom. The Labute approximate surface area is 120 Å². The van der Waals surface area contributed by atoms with Crippen LogP contribution in [0.1, 0.15) is 36.9 Å². The van der Waals surface area contributed by atoms with E-state index in [0.29, 0.717) is 11.8 Å². The summed E-state index contributed by atoms with van der Waals surface area (Å²) >= 11 is 0. The number of amides is 1. The average molecular weight is 274 g/mol. The molecule has 108 valence electrons. The van der Waals surface area contributed by atoms with E-state index in [9.17, 15) is 9.90 Å². The van der Waals surface area contributed by atoms with Crippen LogP contribution in [0.3, 0.4) is 0 Å². The number of phenolic OH excluding ortho intramolecular Hbond substituents is 1. The van der Waals surface area contributed by atoms with E-state index in [1.165, 1.54) is 17.5 Å². The van der Waals surface area contributed by atoms with Crippen molar-refractivity contribution in [1.82, 2.24) is 9.80 Å². The molecule has 1 heterocycles. The van der Waals surface area contributed by atoms with E-state index in [0.717, 1.165) is 39.0 Å². The Bertz CT molecular complexity index is 507. The second kappa shape index (κ2) is 5.44. The van der Waals surface area contributed by atoms with Gasteiger partial charge in [0.05, 0.1) is 0 Å². The number of hydrogen-bond donors (Lipinski definition) is 1. The Morgan fingerprint density at radius 1 is 1.25 bits per heavy atom. The van der Waals surface area contributed by atoms with Crippen molar-refractivity contribution in [1.29, 1.82) is 0 Å². The topological polar surface area (TPSA) is 43.8 Å². The third-order valence-electron chi connectivity index (χ3n) is 4.61. The Balaban J connectivity index is 1.76. The van der Waals surface area contributed by atoms with Gasteiger partial charge in [-0.15, -0.1) is 0 Å². The van der Waals surface area contributed by atoms with Crippen LogP contribution in [0.2, 0.25) is 0 Å². The van der Waals surface area contributed by atoms with Crippen LogP contribution in [0.4, 0.5) is 0 Å². The van der Waals surface area contributed by atoms with Crippen molar-refractivity contribution in [2.75, 3.05) is 26.2 Å². The van der Waals surface area contributed by atoms with Gasteiger partial charge in [-0.3, -0.25) is 9.69 Å². The van der Waals surface area contributed by atoms with Crippen LogP contribution in [0.15, 0.2) is 18.2 Å². The Morgan fingerprint density at radius 2 is 2.00 bits per heavy atom. The lowest BCUT2D eigenvalue weighted by Gasteiger charge is -2.41. The fourth-order valence-corrected chi connectivity index (χ4v) is 3.49. The molecular weight excluding hydrogens is 252 g/mol. The molecule has 3 rings (SSSR count). The average Bonchev–Trinajstić information content (AvgIpc) is 2.46. The molecule has 1 saturated heterocycles. The molecule has 1 unspecified atom stereocenters. The zero-order valence-electron chi connectivity index (χ0n) is 12.0. The lowest BCUT2D eigenvalue weighted by molar-refractivity contribution is -0.130. The highest BCUT2D eigenvalue weighted by atomic mass is 16.3. The first kappa shape index (κ1) is 13.4. The van der Waals surface area contributed by atoms with E-state index in [1.807, 2.05) is 11.0 Å². The molecule has 1 aromatic carbocycles. The van der Waals surface area contributed by atoms with Crippen molar-refractivity contribution in [3.05, 3.63) is 29.3 Å². The Hall–Kier alpha value is -1.55. The van der Waals surface area contributed by atoms with Crippen LogP contribution >= 0.6 is 0 Å². The highest BCUT2D eigenvalue weighted by Gasteiger charge is 2.29. The number of phenols is 1. The zero-order valence-corrected chi connectivity index (χ0v) is 12.0. The first-order valence-electron chi connectivity index (χ1n) is 7.46. The molecule has 1 aliphatic carbocycles. The van der Waals surface area contributed by atoms with E-state index < -0.39 is 0 Å². The number of nitrogens with zero attached hydrogens (tertiary/aromatic N) is 2. The predicted molar refractivity (Wildman–Crippen MR) is 77.6 cm³/mol. The predicted octanol–water partition coefficient (Wildman–Crippen LogP) is 1.93. The molecule has 1 amide bonds. The fourth-order valence-electron chi connectivity index (χ4n) is 3.49. The summed E-state index contributed by atoms with van der Waals surface area (Å²) in [5.74, 6) is 0.532. The number of carbonyl (C=O) groups excluding carboxylic acids is 1.